The number of rotatable bonds is 4. The molecule has 0 amide bonds. The molecule has 112 valence electrons. The van der Waals surface area contributed by atoms with Gasteiger partial charge < -0.3 is 0 Å². The van der Waals surface area contributed by atoms with Crippen molar-refractivity contribution in [3.63, 3.8) is 0 Å². The van der Waals surface area contributed by atoms with Crippen LogP contribution in [-0.4, -0.2) is 23.1 Å². The van der Waals surface area contributed by atoms with E-state index >= 15 is 0 Å². The molecule has 2 aromatic carbocycles. The van der Waals surface area contributed by atoms with Crippen molar-refractivity contribution in [3.8, 4) is 0 Å². The second-order valence-corrected chi connectivity index (χ2v) is 8.97. The molecule has 8 heteroatoms. The second-order valence-electron chi connectivity index (χ2n) is 4.36. The molecule has 0 radical (unpaired) electrons. The van der Waals surface area contributed by atoms with Gasteiger partial charge in [0.15, 0.2) is 9.84 Å². The number of hydrogen-bond donors (Lipinski definition) is 1. The van der Waals surface area contributed by atoms with E-state index in [-0.39, 0.29) is 9.79 Å². The largest absolute Gasteiger partial charge is 0.280 e. The highest BCUT2D eigenvalue weighted by atomic mass is 79.9. The molecule has 0 unspecified atom stereocenters. The maximum Gasteiger partial charge on any atom is 0.261 e. The van der Waals surface area contributed by atoms with E-state index in [9.17, 15) is 16.8 Å². The molecule has 0 aliphatic heterocycles. The van der Waals surface area contributed by atoms with Crippen molar-refractivity contribution in [1.29, 1.82) is 0 Å². The highest BCUT2D eigenvalue weighted by Gasteiger charge is 2.15. The zero-order chi connectivity index (χ0) is 15.7. The van der Waals surface area contributed by atoms with Crippen molar-refractivity contribution in [2.24, 2.45) is 0 Å². The van der Waals surface area contributed by atoms with Gasteiger partial charge in [0.1, 0.15) is 0 Å². The van der Waals surface area contributed by atoms with Gasteiger partial charge in [-0.3, -0.25) is 4.72 Å². The summed E-state index contributed by atoms with van der Waals surface area (Å²) in [4.78, 5) is 0.247. The van der Waals surface area contributed by atoms with Gasteiger partial charge in [0.2, 0.25) is 0 Å². The van der Waals surface area contributed by atoms with Crippen LogP contribution in [0, 0.1) is 0 Å². The van der Waals surface area contributed by atoms with E-state index < -0.39 is 19.9 Å². The van der Waals surface area contributed by atoms with Crippen molar-refractivity contribution in [1.82, 2.24) is 0 Å². The Morgan fingerprint density at radius 2 is 1.52 bits per heavy atom. The van der Waals surface area contributed by atoms with E-state index in [2.05, 4.69) is 20.7 Å². The average Bonchev–Trinajstić information content (AvgIpc) is 2.38. The quantitative estimate of drug-likeness (QED) is 0.871. The summed E-state index contributed by atoms with van der Waals surface area (Å²) in [6, 6.07) is 11.8. The van der Waals surface area contributed by atoms with Crippen LogP contribution in [0.2, 0.25) is 0 Å². The monoisotopic (exact) mass is 389 g/mol. The number of sulfone groups is 1. The minimum atomic E-state index is -3.71. The highest BCUT2D eigenvalue weighted by molar-refractivity contribution is 9.10. The normalized spacial score (nSPS) is 12.1. The SMILES string of the molecule is CS(=O)(=O)c1ccc(NS(=O)(=O)c2cccc(Br)c2)cc1. The van der Waals surface area contributed by atoms with Gasteiger partial charge in [-0.15, -0.1) is 0 Å². The number of nitrogens with one attached hydrogen (secondary N) is 1. The lowest BCUT2D eigenvalue weighted by Gasteiger charge is -2.09. The van der Waals surface area contributed by atoms with Crippen LogP contribution in [0.1, 0.15) is 0 Å². The van der Waals surface area contributed by atoms with E-state index in [4.69, 9.17) is 0 Å². The Labute approximate surface area is 132 Å². The summed E-state index contributed by atoms with van der Waals surface area (Å²) in [5, 5.41) is 0. The topological polar surface area (TPSA) is 80.3 Å². The molecule has 0 bridgehead atoms. The minimum absolute atomic E-state index is 0.115. The fourth-order valence-electron chi connectivity index (χ4n) is 1.62. The van der Waals surface area contributed by atoms with E-state index in [1.807, 2.05) is 0 Å². The van der Waals surface area contributed by atoms with Gasteiger partial charge in [-0.25, -0.2) is 16.8 Å². The van der Waals surface area contributed by atoms with Crippen LogP contribution in [-0.2, 0) is 19.9 Å². The maximum atomic E-state index is 12.2. The predicted molar refractivity (Wildman–Crippen MR) is 84.5 cm³/mol. The first kappa shape index (κ1) is 16.0. The van der Waals surface area contributed by atoms with Gasteiger partial charge in [0.05, 0.1) is 9.79 Å². The third kappa shape index (κ3) is 4.05. The van der Waals surface area contributed by atoms with E-state index in [1.165, 1.54) is 36.4 Å². The number of halogens is 1. The van der Waals surface area contributed by atoms with Crippen molar-refractivity contribution < 1.29 is 16.8 Å². The fourth-order valence-corrected chi connectivity index (χ4v) is 3.90. The number of sulfonamides is 1. The number of hydrogen-bond acceptors (Lipinski definition) is 4. The van der Waals surface area contributed by atoms with Gasteiger partial charge in [-0.1, -0.05) is 22.0 Å². The summed E-state index contributed by atoms with van der Waals surface area (Å²) in [6.07, 6.45) is 1.09. The Kier molecular flexibility index (Phi) is 4.40. The summed E-state index contributed by atoms with van der Waals surface area (Å²) in [5.41, 5.74) is 0.294. The van der Waals surface area contributed by atoms with E-state index in [0.29, 0.717) is 10.2 Å². The summed E-state index contributed by atoms with van der Waals surface area (Å²) >= 11 is 3.21. The molecular weight excluding hydrogens is 378 g/mol. The van der Waals surface area contributed by atoms with Crippen molar-refractivity contribution >= 4 is 41.5 Å². The zero-order valence-electron chi connectivity index (χ0n) is 10.9. The molecule has 2 rings (SSSR count). The lowest BCUT2D eigenvalue weighted by atomic mass is 10.3. The van der Waals surface area contributed by atoms with Crippen molar-refractivity contribution in [3.05, 3.63) is 53.0 Å². The third-order valence-electron chi connectivity index (χ3n) is 2.64. The molecule has 1 N–H and O–H groups in total. The Morgan fingerprint density at radius 3 is 2.05 bits per heavy atom. The van der Waals surface area contributed by atoms with Crippen LogP contribution < -0.4 is 4.72 Å². The zero-order valence-corrected chi connectivity index (χ0v) is 14.2. The molecule has 0 heterocycles. The van der Waals surface area contributed by atoms with Gasteiger partial charge in [-0.05, 0) is 42.5 Å². The molecule has 0 aliphatic carbocycles. The maximum absolute atomic E-state index is 12.2. The van der Waals surface area contributed by atoms with Crippen molar-refractivity contribution in [2.75, 3.05) is 11.0 Å². The Balaban J connectivity index is 2.29. The average molecular weight is 390 g/mol. The Hall–Kier alpha value is -1.38. The standard InChI is InChI=1S/C13H12BrNO4S2/c1-20(16,17)12-7-5-11(6-8-12)15-21(18,19)13-4-2-3-10(14)9-13/h2-9,15H,1H3. The molecule has 5 nitrogen and oxygen atoms in total. The van der Waals surface area contributed by atoms with E-state index in [1.54, 1.807) is 12.1 Å². The van der Waals surface area contributed by atoms with Gasteiger partial charge in [0.25, 0.3) is 10.0 Å². The lowest BCUT2D eigenvalue weighted by Crippen LogP contribution is -2.13. The first-order valence-electron chi connectivity index (χ1n) is 5.77. The fraction of sp³-hybridized carbons (Fsp3) is 0.0769. The van der Waals surface area contributed by atoms with Crippen LogP contribution in [0.3, 0.4) is 0 Å². The smallest absolute Gasteiger partial charge is 0.261 e. The lowest BCUT2D eigenvalue weighted by molar-refractivity contribution is 0.600. The molecule has 21 heavy (non-hydrogen) atoms. The summed E-state index contributed by atoms with van der Waals surface area (Å²) < 4.78 is 50.1. The van der Waals surface area contributed by atoms with Crippen LogP contribution in [0.4, 0.5) is 5.69 Å². The van der Waals surface area contributed by atoms with Crippen LogP contribution in [0.5, 0.6) is 0 Å². The van der Waals surface area contributed by atoms with Gasteiger partial charge in [0, 0.05) is 16.4 Å². The summed E-state index contributed by atoms with van der Waals surface area (Å²) in [5.74, 6) is 0. The molecule has 0 aliphatic rings. The highest BCUT2D eigenvalue weighted by Crippen LogP contribution is 2.20. The van der Waals surface area contributed by atoms with Crippen LogP contribution in [0.25, 0.3) is 0 Å². The number of anilines is 1. The van der Waals surface area contributed by atoms with Gasteiger partial charge in [-0.2, -0.15) is 0 Å². The van der Waals surface area contributed by atoms with E-state index in [0.717, 1.165) is 6.26 Å². The first-order valence-corrected chi connectivity index (χ1v) is 9.94. The summed E-state index contributed by atoms with van der Waals surface area (Å²) in [7, 11) is -7.02. The molecular formula is C13H12BrNO4S2. The molecule has 2 aromatic rings. The molecule has 0 fully saturated rings. The molecule has 0 aromatic heterocycles. The summed E-state index contributed by atoms with van der Waals surface area (Å²) in [6.45, 7) is 0. The molecule has 0 atom stereocenters. The third-order valence-corrected chi connectivity index (χ3v) is 5.64. The van der Waals surface area contributed by atoms with Gasteiger partial charge >= 0.3 is 0 Å². The van der Waals surface area contributed by atoms with Crippen molar-refractivity contribution in [2.45, 2.75) is 9.79 Å². The minimum Gasteiger partial charge on any atom is -0.280 e. The van der Waals surface area contributed by atoms with Crippen LogP contribution >= 0.6 is 15.9 Å². The van der Waals surface area contributed by atoms with Crippen LogP contribution in [0.15, 0.2) is 62.8 Å². The molecule has 0 saturated carbocycles. The Bertz CT molecular complexity index is 859. The number of benzene rings is 2. The Morgan fingerprint density at radius 1 is 0.905 bits per heavy atom. The first-order chi connectivity index (χ1) is 9.68. The molecule has 0 spiro atoms. The molecule has 0 saturated heterocycles. The predicted octanol–water partition coefficient (Wildman–Crippen LogP) is 2.65. The second kappa shape index (κ2) is 5.78.